The van der Waals surface area contributed by atoms with Crippen molar-refractivity contribution >= 4 is 18.3 Å². The zero-order valence-corrected chi connectivity index (χ0v) is 15.9. The number of rotatable bonds is 4. The van der Waals surface area contributed by atoms with E-state index in [-0.39, 0.29) is 24.4 Å². The predicted molar refractivity (Wildman–Crippen MR) is 102 cm³/mol. The third-order valence-corrected chi connectivity index (χ3v) is 5.37. The van der Waals surface area contributed by atoms with Gasteiger partial charge in [0, 0.05) is 13.0 Å². The van der Waals surface area contributed by atoms with Crippen LogP contribution in [0.25, 0.3) is 0 Å². The second kappa shape index (κ2) is 8.18. The van der Waals surface area contributed by atoms with Gasteiger partial charge in [-0.25, -0.2) is 0 Å². The van der Waals surface area contributed by atoms with E-state index in [1.165, 1.54) is 12.8 Å². The van der Waals surface area contributed by atoms with Crippen LogP contribution in [-0.4, -0.2) is 38.7 Å². The first-order chi connectivity index (χ1) is 12.2. The summed E-state index contributed by atoms with van der Waals surface area (Å²) in [5, 5.41) is 12.2. The highest BCUT2D eigenvalue weighted by Gasteiger charge is 2.33. The Hall–Kier alpha value is -1.92. The van der Waals surface area contributed by atoms with Gasteiger partial charge in [0.1, 0.15) is 11.9 Å². The Kier molecular flexibility index (Phi) is 5.94. The maximum absolute atomic E-state index is 12.9. The summed E-state index contributed by atoms with van der Waals surface area (Å²) in [6.07, 6.45) is 3.26. The second-order valence-corrected chi connectivity index (χ2v) is 7.16. The fourth-order valence-corrected chi connectivity index (χ4v) is 3.96. The largest absolute Gasteiger partial charge is 0.329 e. The topological polar surface area (TPSA) is 63.1 Å². The van der Waals surface area contributed by atoms with Crippen LogP contribution in [0.3, 0.4) is 0 Å². The number of piperidine rings is 1. The molecule has 4 rings (SSSR count). The Morgan fingerprint density at radius 3 is 2.62 bits per heavy atom. The SMILES string of the molecule is C[C@H]1C(=O)N(Cc2ccccc2)Cc2nnc(CC3CCNCC3)n21.Cl. The summed E-state index contributed by atoms with van der Waals surface area (Å²) in [5.41, 5.74) is 1.14. The molecule has 0 bridgehead atoms. The summed E-state index contributed by atoms with van der Waals surface area (Å²) in [4.78, 5) is 14.8. The van der Waals surface area contributed by atoms with E-state index in [1.54, 1.807) is 0 Å². The first kappa shape index (κ1) is 18.9. The van der Waals surface area contributed by atoms with E-state index >= 15 is 0 Å². The molecule has 1 aromatic heterocycles. The molecule has 1 amide bonds. The zero-order valence-electron chi connectivity index (χ0n) is 15.1. The van der Waals surface area contributed by atoms with Crippen LogP contribution in [0.15, 0.2) is 30.3 Å². The fraction of sp³-hybridized carbons (Fsp3) is 0.526. The standard InChI is InChI=1S/C19H25N5O.ClH/c1-14-19(25)23(12-16-5-3-2-4-6-16)13-18-22-21-17(24(14)18)11-15-7-9-20-10-8-15;/h2-6,14-15,20H,7-13H2,1H3;1H/t14-;/m0./s1. The lowest BCUT2D eigenvalue weighted by atomic mass is 9.94. The van der Waals surface area contributed by atoms with Crippen LogP contribution in [0, 0.1) is 5.92 Å². The Morgan fingerprint density at radius 1 is 1.15 bits per heavy atom. The molecule has 1 fully saturated rings. The van der Waals surface area contributed by atoms with Crippen LogP contribution in [0.5, 0.6) is 0 Å². The van der Waals surface area contributed by atoms with Gasteiger partial charge in [-0.3, -0.25) is 4.79 Å². The first-order valence-electron chi connectivity index (χ1n) is 9.18. The summed E-state index contributed by atoms with van der Waals surface area (Å²) >= 11 is 0. The number of fused-ring (bicyclic) bond motifs is 1. The van der Waals surface area contributed by atoms with Gasteiger partial charge in [0.05, 0.1) is 6.54 Å². The van der Waals surface area contributed by atoms with E-state index in [4.69, 9.17) is 0 Å². The molecule has 1 atom stereocenters. The molecule has 0 radical (unpaired) electrons. The number of carbonyl (C=O) groups is 1. The fourth-order valence-electron chi connectivity index (χ4n) is 3.96. The van der Waals surface area contributed by atoms with Crippen LogP contribution in [-0.2, 0) is 24.3 Å². The van der Waals surface area contributed by atoms with Crippen molar-refractivity contribution in [1.82, 2.24) is 25.0 Å². The summed E-state index contributed by atoms with van der Waals surface area (Å²) in [7, 11) is 0. The molecule has 2 aliphatic heterocycles. The molecule has 0 aliphatic carbocycles. The smallest absolute Gasteiger partial charge is 0.246 e. The molecular formula is C19H26ClN5O. The van der Waals surface area contributed by atoms with Gasteiger partial charge in [0.2, 0.25) is 5.91 Å². The van der Waals surface area contributed by atoms with Crippen molar-refractivity contribution in [2.45, 2.75) is 45.3 Å². The summed E-state index contributed by atoms with van der Waals surface area (Å²) in [6.45, 7) is 5.28. The van der Waals surface area contributed by atoms with Gasteiger partial charge in [0.15, 0.2) is 5.82 Å². The van der Waals surface area contributed by atoms with Crippen molar-refractivity contribution < 1.29 is 4.79 Å². The highest BCUT2D eigenvalue weighted by Crippen LogP contribution is 2.26. The van der Waals surface area contributed by atoms with E-state index in [0.29, 0.717) is 19.0 Å². The summed E-state index contributed by atoms with van der Waals surface area (Å²) < 4.78 is 2.08. The lowest BCUT2D eigenvalue weighted by Gasteiger charge is -2.32. The second-order valence-electron chi connectivity index (χ2n) is 7.16. The predicted octanol–water partition coefficient (Wildman–Crippen LogP) is 2.35. The van der Waals surface area contributed by atoms with Crippen molar-refractivity contribution in [1.29, 1.82) is 0 Å². The van der Waals surface area contributed by atoms with Gasteiger partial charge in [-0.15, -0.1) is 22.6 Å². The molecule has 0 unspecified atom stereocenters. The van der Waals surface area contributed by atoms with E-state index in [1.807, 2.05) is 30.0 Å². The Labute approximate surface area is 160 Å². The molecule has 2 aromatic rings. The van der Waals surface area contributed by atoms with Crippen molar-refractivity contribution in [3.05, 3.63) is 47.5 Å². The molecule has 7 heteroatoms. The van der Waals surface area contributed by atoms with Gasteiger partial charge >= 0.3 is 0 Å². The minimum absolute atomic E-state index is 0. The van der Waals surface area contributed by atoms with Crippen molar-refractivity contribution in [2.24, 2.45) is 5.92 Å². The number of carbonyl (C=O) groups excluding carboxylic acids is 1. The third-order valence-electron chi connectivity index (χ3n) is 5.37. The van der Waals surface area contributed by atoms with Gasteiger partial charge < -0.3 is 14.8 Å². The van der Waals surface area contributed by atoms with Crippen LogP contribution in [0.4, 0.5) is 0 Å². The normalized spacial score (nSPS) is 20.6. The molecule has 2 aliphatic rings. The number of hydrogen-bond acceptors (Lipinski definition) is 4. The average molecular weight is 376 g/mol. The molecule has 1 saturated heterocycles. The molecule has 1 aromatic carbocycles. The first-order valence-corrected chi connectivity index (χ1v) is 9.18. The molecule has 0 spiro atoms. The number of nitrogens with zero attached hydrogens (tertiary/aromatic N) is 4. The molecule has 140 valence electrons. The van der Waals surface area contributed by atoms with Crippen LogP contribution < -0.4 is 5.32 Å². The van der Waals surface area contributed by atoms with Crippen LogP contribution in [0.2, 0.25) is 0 Å². The third kappa shape index (κ3) is 3.76. The minimum Gasteiger partial charge on any atom is -0.329 e. The van der Waals surface area contributed by atoms with Crippen LogP contribution in [0.1, 0.15) is 43.0 Å². The zero-order chi connectivity index (χ0) is 17.2. The summed E-state index contributed by atoms with van der Waals surface area (Å²) in [6, 6.07) is 9.90. The molecule has 6 nitrogen and oxygen atoms in total. The average Bonchev–Trinajstić information content (AvgIpc) is 3.04. The molecule has 3 heterocycles. The quantitative estimate of drug-likeness (QED) is 0.890. The number of halogens is 1. The highest BCUT2D eigenvalue weighted by molar-refractivity contribution is 5.85. The Morgan fingerprint density at radius 2 is 1.88 bits per heavy atom. The minimum atomic E-state index is -0.223. The maximum Gasteiger partial charge on any atom is 0.246 e. The number of hydrogen-bond donors (Lipinski definition) is 1. The van der Waals surface area contributed by atoms with Crippen molar-refractivity contribution in [3.63, 3.8) is 0 Å². The summed E-state index contributed by atoms with van der Waals surface area (Å²) in [5.74, 6) is 2.68. The Bertz CT molecular complexity index is 742. The van der Waals surface area contributed by atoms with E-state index < -0.39 is 0 Å². The van der Waals surface area contributed by atoms with Gasteiger partial charge in [-0.05, 0) is 44.3 Å². The van der Waals surface area contributed by atoms with E-state index in [2.05, 4.69) is 32.2 Å². The van der Waals surface area contributed by atoms with E-state index in [0.717, 1.165) is 36.7 Å². The number of aromatic nitrogens is 3. The number of benzene rings is 1. The lowest BCUT2D eigenvalue weighted by Crippen LogP contribution is -2.42. The van der Waals surface area contributed by atoms with Gasteiger partial charge in [-0.1, -0.05) is 30.3 Å². The molecular weight excluding hydrogens is 350 g/mol. The number of amides is 1. The monoisotopic (exact) mass is 375 g/mol. The molecule has 1 N–H and O–H groups in total. The number of nitrogens with one attached hydrogen (secondary N) is 1. The lowest BCUT2D eigenvalue weighted by molar-refractivity contribution is -0.137. The van der Waals surface area contributed by atoms with Gasteiger partial charge in [-0.2, -0.15) is 0 Å². The van der Waals surface area contributed by atoms with Gasteiger partial charge in [0.25, 0.3) is 0 Å². The van der Waals surface area contributed by atoms with Crippen molar-refractivity contribution in [3.8, 4) is 0 Å². The van der Waals surface area contributed by atoms with Crippen LogP contribution >= 0.6 is 12.4 Å². The molecule has 0 saturated carbocycles. The maximum atomic E-state index is 12.9. The van der Waals surface area contributed by atoms with E-state index in [9.17, 15) is 4.79 Å². The molecule has 26 heavy (non-hydrogen) atoms. The highest BCUT2D eigenvalue weighted by atomic mass is 35.5. The van der Waals surface area contributed by atoms with Crippen molar-refractivity contribution in [2.75, 3.05) is 13.1 Å². The Balaban J connectivity index is 0.00000196.